The first-order valence-electron chi connectivity index (χ1n) is 5.10. The van der Waals surface area contributed by atoms with E-state index in [1.165, 1.54) is 0 Å². The fraction of sp³-hybridized carbons (Fsp3) is 0.364. The van der Waals surface area contributed by atoms with Gasteiger partial charge in [-0.2, -0.15) is 0 Å². The van der Waals surface area contributed by atoms with Gasteiger partial charge in [0.2, 0.25) is 0 Å². The Labute approximate surface area is 96.1 Å². The van der Waals surface area contributed by atoms with E-state index < -0.39 is 0 Å². The van der Waals surface area contributed by atoms with Gasteiger partial charge in [0.1, 0.15) is 17.9 Å². The summed E-state index contributed by atoms with van der Waals surface area (Å²) < 4.78 is 0. The summed E-state index contributed by atoms with van der Waals surface area (Å²) in [7, 11) is 3.59. The Bertz CT molecular complexity index is 357. The van der Waals surface area contributed by atoms with Crippen LogP contribution in [0.25, 0.3) is 0 Å². The van der Waals surface area contributed by atoms with Crippen LogP contribution in [0.5, 0.6) is 0 Å². The van der Waals surface area contributed by atoms with Crippen molar-refractivity contribution >= 4 is 12.0 Å². The molecule has 0 saturated carbocycles. The molecule has 0 N–H and O–H groups in total. The van der Waals surface area contributed by atoms with E-state index in [-0.39, 0.29) is 0 Å². The molecule has 1 aromatic heterocycles. The maximum Gasteiger partial charge on any atom is 0.128 e. The predicted octanol–water partition coefficient (Wildman–Crippen LogP) is 1.49. The largest absolute Gasteiger partial charge is 0.291 e. The minimum atomic E-state index is 0.832. The zero-order valence-corrected chi connectivity index (χ0v) is 9.96. The van der Waals surface area contributed by atoms with E-state index in [0.717, 1.165) is 17.9 Å². The third-order valence-electron chi connectivity index (χ3n) is 2.10. The van der Waals surface area contributed by atoms with Gasteiger partial charge in [0.05, 0.1) is 12.4 Å². The molecule has 16 heavy (non-hydrogen) atoms. The highest BCUT2D eigenvalue weighted by Gasteiger charge is 2.07. The highest BCUT2D eigenvalue weighted by atomic mass is 15.6. The van der Waals surface area contributed by atoms with E-state index in [1.807, 2.05) is 19.0 Å². The Kier molecular flexibility index (Phi) is 4.44. The third kappa shape index (κ3) is 2.79. The monoisotopic (exact) mass is 219 g/mol. The van der Waals surface area contributed by atoms with Gasteiger partial charge in [-0.25, -0.2) is 15.0 Å². The Morgan fingerprint density at radius 1 is 1.44 bits per heavy atom. The Morgan fingerprint density at radius 2 is 2.06 bits per heavy atom. The van der Waals surface area contributed by atoms with Crippen LogP contribution >= 0.6 is 0 Å². The van der Waals surface area contributed by atoms with Gasteiger partial charge >= 0.3 is 0 Å². The summed E-state index contributed by atoms with van der Waals surface area (Å²) in [6.07, 6.45) is 7.75. The SMILES string of the molecule is C=CN(C)N(C=NC)c1cnc(CC)nc1. The smallest absolute Gasteiger partial charge is 0.128 e. The zero-order chi connectivity index (χ0) is 12.0. The van der Waals surface area contributed by atoms with Crippen molar-refractivity contribution < 1.29 is 0 Å². The van der Waals surface area contributed by atoms with E-state index in [0.29, 0.717) is 0 Å². The number of hydrogen-bond donors (Lipinski definition) is 0. The summed E-state index contributed by atoms with van der Waals surface area (Å²) in [5, 5.41) is 3.61. The molecule has 1 rings (SSSR count). The summed E-state index contributed by atoms with van der Waals surface area (Å²) in [4.78, 5) is 12.5. The molecule has 0 amide bonds. The van der Waals surface area contributed by atoms with Crippen LogP contribution in [-0.2, 0) is 6.42 Å². The fourth-order valence-corrected chi connectivity index (χ4v) is 1.18. The second kappa shape index (κ2) is 5.85. The van der Waals surface area contributed by atoms with Crippen molar-refractivity contribution in [2.75, 3.05) is 19.1 Å². The van der Waals surface area contributed by atoms with Gasteiger partial charge in [-0.15, -0.1) is 0 Å². The van der Waals surface area contributed by atoms with E-state index >= 15 is 0 Å². The molecule has 0 aromatic carbocycles. The average molecular weight is 219 g/mol. The number of rotatable bonds is 5. The van der Waals surface area contributed by atoms with Gasteiger partial charge in [-0.3, -0.25) is 10.0 Å². The molecule has 1 aromatic rings. The first-order chi connectivity index (χ1) is 7.72. The molecule has 0 unspecified atom stereocenters. The summed E-state index contributed by atoms with van der Waals surface area (Å²) >= 11 is 0. The van der Waals surface area contributed by atoms with Gasteiger partial charge in [0.25, 0.3) is 0 Å². The molecule has 86 valence electrons. The number of hydrogen-bond acceptors (Lipinski definition) is 4. The molecular weight excluding hydrogens is 202 g/mol. The molecule has 0 atom stereocenters. The molecule has 0 spiro atoms. The van der Waals surface area contributed by atoms with Gasteiger partial charge in [-0.1, -0.05) is 13.5 Å². The van der Waals surface area contributed by atoms with Gasteiger partial charge in [0, 0.05) is 26.7 Å². The van der Waals surface area contributed by atoms with Crippen molar-refractivity contribution in [2.24, 2.45) is 4.99 Å². The van der Waals surface area contributed by atoms with Crippen molar-refractivity contribution in [1.29, 1.82) is 0 Å². The second-order valence-electron chi connectivity index (χ2n) is 3.19. The number of aryl methyl sites for hydroxylation is 1. The number of aliphatic imine (C=N–C) groups is 1. The molecule has 0 saturated heterocycles. The van der Waals surface area contributed by atoms with Crippen molar-refractivity contribution in [2.45, 2.75) is 13.3 Å². The number of anilines is 1. The van der Waals surface area contributed by atoms with Crippen LogP contribution in [-0.4, -0.2) is 35.4 Å². The minimum absolute atomic E-state index is 0.832. The minimum Gasteiger partial charge on any atom is -0.291 e. The molecule has 0 aliphatic rings. The highest BCUT2D eigenvalue weighted by Crippen LogP contribution is 2.11. The molecule has 0 aliphatic carbocycles. The van der Waals surface area contributed by atoms with Crippen molar-refractivity contribution in [3.05, 3.63) is 31.0 Å². The van der Waals surface area contributed by atoms with Crippen LogP contribution in [0.15, 0.2) is 30.2 Å². The lowest BCUT2D eigenvalue weighted by Gasteiger charge is -2.27. The Hall–Kier alpha value is -1.91. The summed E-state index contributed by atoms with van der Waals surface area (Å²) in [6.45, 7) is 5.73. The highest BCUT2D eigenvalue weighted by molar-refractivity contribution is 5.77. The molecule has 0 radical (unpaired) electrons. The quantitative estimate of drug-likeness (QED) is 0.427. The maximum atomic E-state index is 4.24. The summed E-state index contributed by atoms with van der Waals surface area (Å²) in [5.41, 5.74) is 0.852. The molecule has 0 aliphatic heterocycles. The normalized spacial score (nSPS) is 10.4. The number of hydrazine groups is 1. The second-order valence-corrected chi connectivity index (χ2v) is 3.19. The first-order valence-corrected chi connectivity index (χ1v) is 5.10. The molecule has 0 fully saturated rings. The maximum absolute atomic E-state index is 4.24. The lowest BCUT2D eigenvalue weighted by molar-refractivity contribution is 0.484. The lowest BCUT2D eigenvalue weighted by atomic mass is 10.4. The van der Waals surface area contributed by atoms with Crippen LogP contribution in [0.3, 0.4) is 0 Å². The van der Waals surface area contributed by atoms with E-state index in [9.17, 15) is 0 Å². The van der Waals surface area contributed by atoms with Crippen molar-refractivity contribution in [1.82, 2.24) is 15.0 Å². The van der Waals surface area contributed by atoms with E-state index in [2.05, 4.69) is 21.5 Å². The molecule has 5 nitrogen and oxygen atoms in total. The molecular formula is C11H17N5. The summed E-state index contributed by atoms with van der Waals surface area (Å²) in [5.74, 6) is 0.832. The Balaban J connectivity index is 2.96. The van der Waals surface area contributed by atoms with E-state index in [4.69, 9.17) is 0 Å². The summed E-state index contributed by atoms with van der Waals surface area (Å²) in [6, 6.07) is 0. The van der Waals surface area contributed by atoms with Crippen LogP contribution in [0.4, 0.5) is 5.69 Å². The van der Waals surface area contributed by atoms with Crippen LogP contribution in [0, 0.1) is 0 Å². The van der Waals surface area contributed by atoms with Gasteiger partial charge in [0.15, 0.2) is 0 Å². The predicted molar refractivity (Wildman–Crippen MR) is 66.3 cm³/mol. The van der Waals surface area contributed by atoms with Crippen LogP contribution in [0.2, 0.25) is 0 Å². The number of aromatic nitrogens is 2. The fourth-order valence-electron chi connectivity index (χ4n) is 1.18. The molecule has 0 bridgehead atoms. The van der Waals surface area contributed by atoms with Crippen molar-refractivity contribution in [3.63, 3.8) is 0 Å². The Morgan fingerprint density at radius 3 is 2.50 bits per heavy atom. The van der Waals surface area contributed by atoms with Crippen molar-refractivity contribution in [3.8, 4) is 0 Å². The van der Waals surface area contributed by atoms with E-state index in [1.54, 1.807) is 37.0 Å². The third-order valence-corrected chi connectivity index (χ3v) is 2.10. The zero-order valence-electron chi connectivity index (χ0n) is 9.96. The molecule has 5 heteroatoms. The van der Waals surface area contributed by atoms with Crippen LogP contribution in [0.1, 0.15) is 12.7 Å². The van der Waals surface area contributed by atoms with Gasteiger partial charge < -0.3 is 0 Å². The average Bonchev–Trinajstić information content (AvgIpc) is 2.35. The lowest BCUT2D eigenvalue weighted by Crippen LogP contribution is -2.35. The molecule has 1 heterocycles. The first kappa shape index (κ1) is 12.2. The number of nitrogens with zero attached hydrogens (tertiary/aromatic N) is 5. The standard InChI is InChI=1S/C11H17N5/c1-5-11-13-7-10(8-14-11)16(9-12-3)15(4)6-2/h6-9H,2,5H2,1,3-4H3. The topological polar surface area (TPSA) is 44.6 Å². The van der Waals surface area contributed by atoms with Gasteiger partial charge in [-0.05, 0) is 0 Å². The van der Waals surface area contributed by atoms with Crippen LogP contribution < -0.4 is 5.01 Å².